The highest BCUT2D eigenvalue weighted by Crippen LogP contribution is 2.22. The molecule has 2 rings (SSSR count). The summed E-state index contributed by atoms with van der Waals surface area (Å²) < 4.78 is 1.05. The summed E-state index contributed by atoms with van der Waals surface area (Å²) in [4.78, 5) is 12.2. The first-order valence-electron chi connectivity index (χ1n) is 6.94. The van der Waals surface area contributed by atoms with Gasteiger partial charge < -0.3 is 11.1 Å². The number of carbonyl (C=O) groups is 1. The Morgan fingerprint density at radius 2 is 1.89 bits per heavy atom. The van der Waals surface area contributed by atoms with Crippen LogP contribution in [0.5, 0.6) is 0 Å². The molecule has 2 unspecified atom stereocenters. The first-order chi connectivity index (χ1) is 9.16. The minimum atomic E-state index is -0.0158. The van der Waals surface area contributed by atoms with E-state index in [0.717, 1.165) is 35.7 Å². The molecule has 3 nitrogen and oxygen atoms in total. The fourth-order valence-electron chi connectivity index (χ4n) is 2.58. The molecule has 3 N–H and O–H groups in total. The van der Waals surface area contributed by atoms with Gasteiger partial charge in [-0.25, -0.2) is 0 Å². The quantitative estimate of drug-likeness (QED) is 0.840. The van der Waals surface area contributed by atoms with E-state index < -0.39 is 0 Å². The third-order valence-corrected chi connectivity index (χ3v) is 4.31. The van der Waals surface area contributed by atoms with Gasteiger partial charge in [0, 0.05) is 17.1 Å². The van der Waals surface area contributed by atoms with Crippen molar-refractivity contribution in [2.75, 3.05) is 0 Å². The van der Waals surface area contributed by atoms with E-state index in [1.807, 2.05) is 24.3 Å². The van der Waals surface area contributed by atoms with Crippen LogP contribution in [0.15, 0.2) is 28.7 Å². The maximum Gasteiger partial charge on any atom is 0.224 e. The number of nitrogens with two attached hydrogens (primary N) is 1. The van der Waals surface area contributed by atoms with Crippen molar-refractivity contribution in [3.8, 4) is 0 Å². The lowest BCUT2D eigenvalue weighted by Gasteiger charge is -2.20. The number of nitrogens with one attached hydrogen (secondary N) is 1. The number of carbonyl (C=O) groups excluding carboxylic acids is 1. The second-order valence-corrected chi connectivity index (χ2v) is 6.17. The molecule has 1 fully saturated rings. The van der Waals surface area contributed by atoms with E-state index in [9.17, 15) is 4.79 Å². The predicted octanol–water partition coefficient (Wildman–Crippen LogP) is 2.97. The van der Waals surface area contributed by atoms with Gasteiger partial charge in [-0.05, 0) is 30.5 Å². The Kier molecular flexibility index (Phi) is 5.40. The Hall–Kier alpha value is -0.870. The van der Waals surface area contributed by atoms with Gasteiger partial charge in [0.25, 0.3) is 0 Å². The molecule has 19 heavy (non-hydrogen) atoms. The third-order valence-electron chi connectivity index (χ3n) is 3.79. The normalized spacial score (nSPS) is 23.7. The Morgan fingerprint density at radius 1 is 1.21 bits per heavy atom. The van der Waals surface area contributed by atoms with Crippen LogP contribution in [0.4, 0.5) is 0 Å². The molecule has 0 spiro atoms. The number of hydrogen-bond acceptors (Lipinski definition) is 2. The first-order valence-corrected chi connectivity index (χ1v) is 7.74. The summed E-state index contributed by atoms with van der Waals surface area (Å²) in [5.41, 5.74) is 7.21. The summed E-state index contributed by atoms with van der Waals surface area (Å²) in [6.07, 6.45) is 5.36. The smallest absolute Gasteiger partial charge is 0.224 e. The Balaban J connectivity index is 1.87. The van der Waals surface area contributed by atoms with Gasteiger partial charge in [0.15, 0.2) is 0 Å². The highest BCUT2D eigenvalue weighted by atomic mass is 79.9. The number of hydrogen-bond donors (Lipinski definition) is 2. The second kappa shape index (κ2) is 7.06. The summed E-state index contributed by atoms with van der Waals surface area (Å²) in [5, 5.41) is 3.01. The monoisotopic (exact) mass is 324 g/mol. The third kappa shape index (κ3) is 4.32. The molecule has 1 saturated carbocycles. The molecule has 0 radical (unpaired) electrons. The standard InChI is InChI=1S/C15H21BrN2O/c16-12-8-6-11(7-9-12)10-18-15(19)13-4-2-1-3-5-14(13)17/h6-9,13-14H,1-5,10,17H2,(H,18,19). The van der Waals surface area contributed by atoms with Gasteiger partial charge in [-0.1, -0.05) is 47.3 Å². The maximum absolute atomic E-state index is 12.2. The number of rotatable bonds is 3. The zero-order valence-corrected chi connectivity index (χ0v) is 12.7. The molecule has 1 aliphatic carbocycles. The van der Waals surface area contributed by atoms with Crippen molar-refractivity contribution < 1.29 is 4.79 Å². The fraction of sp³-hybridized carbons (Fsp3) is 0.533. The zero-order chi connectivity index (χ0) is 13.7. The van der Waals surface area contributed by atoms with Crippen LogP contribution in [0.25, 0.3) is 0 Å². The average molecular weight is 325 g/mol. The Bertz CT molecular complexity index is 419. The summed E-state index contributed by atoms with van der Waals surface area (Å²) in [6, 6.07) is 8.01. The molecule has 0 bridgehead atoms. The van der Waals surface area contributed by atoms with Crippen LogP contribution >= 0.6 is 15.9 Å². The molecular formula is C15H21BrN2O. The van der Waals surface area contributed by atoms with E-state index in [1.54, 1.807) is 0 Å². The van der Waals surface area contributed by atoms with Gasteiger partial charge in [0.05, 0.1) is 5.92 Å². The lowest BCUT2D eigenvalue weighted by atomic mass is 9.94. The lowest BCUT2D eigenvalue weighted by molar-refractivity contribution is -0.126. The van der Waals surface area contributed by atoms with Gasteiger partial charge in [0.1, 0.15) is 0 Å². The van der Waals surface area contributed by atoms with Crippen molar-refractivity contribution in [3.63, 3.8) is 0 Å². The van der Waals surface area contributed by atoms with E-state index in [-0.39, 0.29) is 17.9 Å². The molecule has 0 saturated heterocycles. The summed E-state index contributed by atoms with van der Waals surface area (Å²) >= 11 is 3.40. The second-order valence-electron chi connectivity index (χ2n) is 5.25. The van der Waals surface area contributed by atoms with Gasteiger partial charge in [-0.2, -0.15) is 0 Å². The number of halogens is 1. The van der Waals surface area contributed by atoms with Crippen LogP contribution in [0.2, 0.25) is 0 Å². The highest BCUT2D eigenvalue weighted by molar-refractivity contribution is 9.10. The molecule has 1 aromatic rings. The minimum Gasteiger partial charge on any atom is -0.352 e. The molecule has 1 aromatic carbocycles. The fourth-order valence-corrected chi connectivity index (χ4v) is 2.85. The van der Waals surface area contributed by atoms with E-state index >= 15 is 0 Å². The van der Waals surface area contributed by atoms with Gasteiger partial charge in [-0.3, -0.25) is 4.79 Å². The van der Waals surface area contributed by atoms with Crippen LogP contribution in [0.3, 0.4) is 0 Å². The Labute approximate surface area is 123 Å². The number of amides is 1. The van der Waals surface area contributed by atoms with E-state index in [0.29, 0.717) is 6.54 Å². The maximum atomic E-state index is 12.2. The molecule has 0 aromatic heterocycles. The van der Waals surface area contributed by atoms with Crippen molar-refractivity contribution in [1.29, 1.82) is 0 Å². The highest BCUT2D eigenvalue weighted by Gasteiger charge is 2.26. The van der Waals surface area contributed by atoms with Crippen LogP contribution in [-0.4, -0.2) is 11.9 Å². The summed E-state index contributed by atoms with van der Waals surface area (Å²) in [5.74, 6) is 0.0928. The molecule has 2 atom stereocenters. The van der Waals surface area contributed by atoms with Crippen LogP contribution in [0.1, 0.15) is 37.7 Å². The molecular weight excluding hydrogens is 304 g/mol. The minimum absolute atomic E-state index is 0.0158. The largest absolute Gasteiger partial charge is 0.352 e. The van der Waals surface area contributed by atoms with Crippen molar-refractivity contribution in [2.24, 2.45) is 11.7 Å². The van der Waals surface area contributed by atoms with Crippen LogP contribution in [0, 0.1) is 5.92 Å². The van der Waals surface area contributed by atoms with E-state index in [4.69, 9.17) is 5.73 Å². The predicted molar refractivity (Wildman–Crippen MR) is 80.5 cm³/mol. The van der Waals surface area contributed by atoms with Crippen molar-refractivity contribution in [2.45, 2.75) is 44.7 Å². The van der Waals surface area contributed by atoms with Gasteiger partial charge >= 0.3 is 0 Å². The van der Waals surface area contributed by atoms with Gasteiger partial charge in [0.2, 0.25) is 5.91 Å². The molecule has 0 aliphatic heterocycles. The van der Waals surface area contributed by atoms with E-state index in [1.165, 1.54) is 6.42 Å². The van der Waals surface area contributed by atoms with Crippen LogP contribution in [-0.2, 0) is 11.3 Å². The lowest BCUT2D eigenvalue weighted by Crippen LogP contribution is -2.41. The molecule has 1 aliphatic rings. The average Bonchev–Trinajstić information content (AvgIpc) is 2.62. The topological polar surface area (TPSA) is 55.1 Å². The molecule has 4 heteroatoms. The molecule has 0 heterocycles. The number of benzene rings is 1. The van der Waals surface area contributed by atoms with E-state index in [2.05, 4.69) is 21.2 Å². The summed E-state index contributed by atoms with van der Waals surface area (Å²) in [7, 11) is 0. The van der Waals surface area contributed by atoms with Crippen LogP contribution < -0.4 is 11.1 Å². The zero-order valence-electron chi connectivity index (χ0n) is 11.1. The molecule has 104 valence electrons. The van der Waals surface area contributed by atoms with Gasteiger partial charge in [-0.15, -0.1) is 0 Å². The van der Waals surface area contributed by atoms with Crippen molar-refractivity contribution in [3.05, 3.63) is 34.3 Å². The van der Waals surface area contributed by atoms with Crippen molar-refractivity contribution >= 4 is 21.8 Å². The first kappa shape index (κ1) is 14.5. The van der Waals surface area contributed by atoms with Crippen molar-refractivity contribution in [1.82, 2.24) is 5.32 Å². The SMILES string of the molecule is NC1CCCCCC1C(=O)NCc1ccc(Br)cc1. The summed E-state index contributed by atoms with van der Waals surface area (Å²) in [6.45, 7) is 0.579. The molecule has 1 amide bonds. The Morgan fingerprint density at radius 3 is 2.63 bits per heavy atom.